The lowest BCUT2D eigenvalue weighted by atomic mass is 9.90. The molecule has 4 heteroatoms. The number of benzene rings is 1. The van der Waals surface area contributed by atoms with E-state index >= 15 is 0 Å². The molecule has 3 nitrogen and oxygen atoms in total. The van der Waals surface area contributed by atoms with E-state index in [9.17, 15) is 8.42 Å². The van der Waals surface area contributed by atoms with Crippen LogP contribution in [0.3, 0.4) is 0 Å². The summed E-state index contributed by atoms with van der Waals surface area (Å²) >= 11 is 0. The highest BCUT2D eigenvalue weighted by Crippen LogP contribution is 2.22. The van der Waals surface area contributed by atoms with Gasteiger partial charge in [-0.3, -0.25) is 0 Å². The van der Waals surface area contributed by atoms with Gasteiger partial charge in [-0.25, -0.2) is 8.42 Å². The molecule has 1 aliphatic heterocycles. The van der Waals surface area contributed by atoms with Gasteiger partial charge in [0.15, 0.2) is 9.84 Å². The van der Waals surface area contributed by atoms with Gasteiger partial charge in [-0.2, -0.15) is 0 Å². The lowest BCUT2D eigenvalue weighted by Crippen LogP contribution is -2.28. The number of aryl methyl sites for hydroxylation is 1. The minimum absolute atomic E-state index is 0.455. The van der Waals surface area contributed by atoms with Crippen LogP contribution in [-0.4, -0.2) is 27.8 Å². The van der Waals surface area contributed by atoms with Crippen molar-refractivity contribution in [2.75, 3.05) is 19.3 Å². The second-order valence-corrected chi connectivity index (χ2v) is 7.25. The smallest absolute Gasteiger partial charge is 0.175 e. The summed E-state index contributed by atoms with van der Waals surface area (Å²) in [5, 5.41) is 3.36. The van der Waals surface area contributed by atoms with Crippen LogP contribution in [0.15, 0.2) is 23.1 Å². The molecule has 0 amide bonds. The first kappa shape index (κ1) is 13.6. The molecule has 1 heterocycles. The van der Waals surface area contributed by atoms with E-state index in [1.165, 1.54) is 24.7 Å². The van der Waals surface area contributed by atoms with Crippen molar-refractivity contribution >= 4 is 9.84 Å². The summed E-state index contributed by atoms with van der Waals surface area (Å²) in [7, 11) is -3.09. The van der Waals surface area contributed by atoms with E-state index in [0.717, 1.165) is 31.0 Å². The van der Waals surface area contributed by atoms with Crippen molar-refractivity contribution in [3.63, 3.8) is 0 Å². The zero-order chi connectivity index (χ0) is 13.2. The Balaban J connectivity index is 2.13. The summed E-state index contributed by atoms with van der Waals surface area (Å²) in [5.41, 5.74) is 2.12. The maximum absolute atomic E-state index is 11.5. The molecule has 2 rings (SSSR count). The zero-order valence-corrected chi connectivity index (χ0v) is 11.9. The van der Waals surface area contributed by atoms with Gasteiger partial charge in [-0.1, -0.05) is 12.1 Å². The van der Waals surface area contributed by atoms with E-state index in [1.54, 1.807) is 6.07 Å². The molecule has 0 saturated carbocycles. The molecule has 0 radical (unpaired) electrons. The van der Waals surface area contributed by atoms with Crippen LogP contribution in [-0.2, 0) is 16.3 Å². The van der Waals surface area contributed by atoms with Crippen LogP contribution in [0.1, 0.15) is 24.0 Å². The number of piperidine rings is 1. The zero-order valence-electron chi connectivity index (χ0n) is 11.1. The molecule has 1 aromatic carbocycles. The summed E-state index contributed by atoms with van der Waals surface area (Å²) < 4.78 is 23.1. The molecule has 1 aromatic rings. The Morgan fingerprint density at radius 1 is 1.28 bits per heavy atom. The van der Waals surface area contributed by atoms with E-state index < -0.39 is 9.84 Å². The molecule has 1 saturated heterocycles. The lowest BCUT2D eigenvalue weighted by molar-refractivity contribution is 0.372. The van der Waals surface area contributed by atoms with Crippen molar-refractivity contribution in [2.45, 2.75) is 31.1 Å². The third-order valence-corrected chi connectivity index (χ3v) is 4.88. The van der Waals surface area contributed by atoms with Gasteiger partial charge in [0, 0.05) is 6.26 Å². The van der Waals surface area contributed by atoms with Crippen molar-refractivity contribution in [1.29, 1.82) is 0 Å². The third-order valence-electron chi connectivity index (χ3n) is 3.62. The first-order valence-electron chi connectivity index (χ1n) is 6.47. The van der Waals surface area contributed by atoms with Crippen molar-refractivity contribution in [3.05, 3.63) is 29.3 Å². The summed E-state index contributed by atoms with van der Waals surface area (Å²) in [6.45, 7) is 4.08. The van der Waals surface area contributed by atoms with Gasteiger partial charge in [0.1, 0.15) is 0 Å². The van der Waals surface area contributed by atoms with E-state index in [1.807, 2.05) is 19.1 Å². The van der Waals surface area contributed by atoms with Gasteiger partial charge in [0.05, 0.1) is 4.90 Å². The topological polar surface area (TPSA) is 46.2 Å². The van der Waals surface area contributed by atoms with Crippen molar-refractivity contribution in [1.82, 2.24) is 5.32 Å². The van der Waals surface area contributed by atoms with E-state index in [0.29, 0.717) is 4.90 Å². The summed E-state index contributed by atoms with van der Waals surface area (Å²) in [6.07, 6.45) is 4.76. The fourth-order valence-corrected chi connectivity index (χ4v) is 3.63. The third kappa shape index (κ3) is 3.33. The molecule has 0 atom stereocenters. The molecule has 100 valence electrons. The Labute approximate surface area is 110 Å². The SMILES string of the molecule is Cc1cc(CC2CCNCC2)ccc1S(C)(=O)=O. The average molecular weight is 267 g/mol. The standard InChI is InChI=1S/C14H21NO2S/c1-11-9-13(3-4-14(11)18(2,16)17)10-12-5-7-15-8-6-12/h3-4,9,12,15H,5-8,10H2,1-2H3. The van der Waals surface area contributed by atoms with E-state index in [2.05, 4.69) is 5.32 Å². The molecule has 1 aliphatic rings. The van der Waals surface area contributed by atoms with Crippen LogP contribution in [0.4, 0.5) is 0 Å². The Bertz CT molecular complexity index is 517. The molecule has 0 unspecified atom stereocenters. The van der Waals surface area contributed by atoms with Gasteiger partial charge in [0.25, 0.3) is 0 Å². The Morgan fingerprint density at radius 2 is 1.94 bits per heavy atom. The van der Waals surface area contributed by atoms with E-state index in [4.69, 9.17) is 0 Å². The molecule has 18 heavy (non-hydrogen) atoms. The summed E-state index contributed by atoms with van der Waals surface area (Å²) in [4.78, 5) is 0.455. The summed E-state index contributed by atoms with van der Waals surface area (Å²) in [5.74, 6) is 0.731. The number of hydrogen-bond donors (Lipinski definition) is 1. The highest BCUT2D eigenvalue weighted by Gasteiger charge is 2.15. The number of rotatable bonds is 3. The summed E-state index contributed by atoms with van der Waals surface area (Å²) in [6, 6.07) is 5.74. The first-order chi connectivity index (χ1) is 8.47. The van der Waals surface area contributed by atoms with Crippen molar-refractivity contribution in [3.8, 4) is 0 Å². The molecule has 1 N–H and O–H groups in total. The fraction of sp³-hybridized carbons (Fsp3) is 0.571. The van der Waals surface area contributed by atoms with Crippen LogP contribution < -0.4 is 5.32 Å². The highest BCUT2D eigenvalue weighted by atomic mass is 32.2. The minimum atomic E-state index is -3.09. The van der Waals surface area contributed by atoms with Crippen LogP contribution in [0.2, 0.25) is 0 Å². The molecule has 1 fully saturated rings. The molecular weight excluding hydrogens is 246 g/mol. The van der Waals surface area contributed by atoms with Gasteiger partial charge < -0.3 is 5.32 Å². The second kappa shape index (κ2) is 5.41. The van der Waals surface area contributed by atoms with Crippen molar-refractivity contribution < 1.29 is 8.42 Å². The average Bonchev–Trinajstić information content (AvgIpc) is 2.28. The monoisotopic (exact) mass is 267 g/mol. The highest BCUT2D eigenvalue weighted by molar-refractivity contribution is 7.90. The second-order valence-electron chi connectivity index (χ2n) is 5.27. The van der Waals surface area contributed by atoms with E-state index in [-0.39, 0.29) is 0 Å². The quantitative estimate of drug-likeness (QED) is 0.910. The van der Waals surface area contributed by atoms with Crippen LogP contribution in [0.25, 0.3) is 0 Å². The predicted octanol–water partition coefficient (Wildman–Crippen LogP) is 1.94. The molecular formula is C14H21NO2S. The van der Waals surface area contributed by atoms with Crippen LogP contribution >= 0.6 is 0 Å². The Kier molecular flexibility index (Phi) is 4.07. The Morgan fingerprint density at radius 3 is 2.50 bits per heavy atom. The minimum Gasteiger partial charge on any atom is -0.317 e. The van der Waals surface area contributed by atoms with Crippen molar-refractivity contribution in [2.24, 2.45) is 5.92 Å². The van der Waals surface area contributed by atoms with Gasteiger partial charge in [-0.15, -0.1) is 0 Å². The maximum atomic E-state index is 11.5. The van der Waals surface area contributed by atoms with Crippen LogP contribution in [0, 0.1) is 12.8 Å². The fourth-order valence-electron chi connectivity index (χ4n) is 2.67. The lowest BCUT2D eigenvalue weighted by Gasteiger charge is -2.22. The first-order valence-corrected chi connectivity index (χ1v) is 8.36. The molecule has 0 aliphatic carbocycles. The number of nitrogens with one attached hydrogen (secondary N) is 1. The normalized spacial score (nSPS) is 17.9. The maximum Gasteiger partial charge on any atom is 0.175 e. The number of hydrogen-bond acceptors (Lipinski definition) is 3. The number of sulfone groups is 1. The van der Waals surface area contributed by atoms with Gasteiger partial charge in [0.2, 0.25) is 0 Å². The van der Waals surface area contributed by atoms with Gasteiger partial charge >= 0.3 is 0 Å². The molecule has 0 spiro atoms. The largest absolute Gasteiger partial charge is 0.317 e. The predicted molar refractivity (Wildman–Crippen MR) is 73.6 cm³/mol. The molecule has 0 aromatic heterocycles. The van der Waals surface area contributed by atoms with Crippen LogP contribution in [0.5, 0.6) is 0 Å². The molecule has 0 bridgehead atoms. The Hall–Kier alpha value is -0.870. The van der Waals surface area contributed by atoms with Gasteiger partial charge in [-0.05, 0) is 62.4 Å².